The summed E-state index contributed by atoms with van der Waals surface area (Å²) in [6.07, 6.45) is 0. The van der Waals surface area contributed by atoms with E-state index in [-0.39, 0.29) is 33.8 Å². The van der Waals surface area contributed by atoms with Gasteiger partial charge >= 0.3 is 0 Å². The summed E-state index contributed by atoms with van der Waals surface area (Å²) in [5.41, 5.74) is 1.53. The quantitative estimate of drug-likeness (QED) is 0.143. The Labute approximate surface area is 254 Å². The van der Waals surface area contributed by atoms with Crippen molar-refractivity contribution in [1.29, 1.82) is 0 Å². The van der Waals surface area contributed by atoms with Gasteiger partial charge in [-0.25, -0.2) is 0 Å². The zero-order chi connectivity index (χ0) is 32.0. The number of ether oxygens (including phenoxy) is 6. The van der Waals surface area contributed by atoms with Gasteiger partial charge in [0.05, 0.1) is 53.8 Å². The van der Waals surface area contributed by atoms with Crippen LogP contribution in [-0.2, 0) is 0 Å². The number of benzene rings is 4. The summed E-state index contributed by atoms with van der Waals surface area (Å²) < 4.78 is 31.8. The maximum absolute atomic E-state index is 13.2. The molecule has 4 rings (SSSR count). The number of rotatable bonds is 13. The molecule has 4 aromatic carbocycles. The Morgan fingerprint density at radius 2 is 0.705 bits per heavy atom. The molecule has 0 spiro atoms. The molecule has 0 aliphatic carbocycles. The number of Topliss-reactive ketones (excluding diaryl/α,β-unsaturated/α-hetero) is 4. The van der Waals surface area contributed by atoms with Crippen molar-refractivity contribution in [3.8, 4) is 45.6 Å². The van der Waals surface area contributed by atoms with Crippen LogP contribution in [0.5, 0.6) is 34.5 Å². The molecule has 0 fully saturated rings. The average Bonchev–Trinajstić information content (AvgIpc) is 3.08. The molecule has 0 saturated carbocycles. The smallest absolute Gasteiger partial charge is 0.237 e. The Morgan fingerprint density at radius 3 is 0.977 bits per heavy atom. The standard InChI is InChI=1S/C34H30O10/c1-39-23-11-21(12-24(17-23)40-2)31(35)33(37)27-9-7-19(15-29(27)43-5)20-8-10-28(30(16-20)44-6)34(38)32(36)22-13-25(41-3)18-26(14-22)42-4/h7-18H,1-6H3. The van der Waals surface area contributed by atoms with Crippen molar-refractivity contribution < 1.29 is 47.6 Å². The van der Waals surface area contributed by atoms with Crippen LogP contribution in [0.2, 0.25) is 0 Å². The second kappa shape index (κ2) is 13.6. The number of ketones is 4. The van der Waals surface area contributed by atoms with Gasteiger partial charge in [-0.1, -0.05) is 12.1 Å². The number of carbonyl (C=O) groups is 4. The van der Waals surface area contributed by atoms with Crippen molar-refractivity contribution in [3.63, 3.8) is 0 Å². The molecule has 0 aliphatic heterocycles. The molecule has 0 atom stereocenters. The van der Waals surface area contributed by atoms with Gasteiger partial charge in [0.25, 0.3) is 0 Å². The van der Waals surface area contributed by atoms with E-state index in [0.717, 1.165) is 0 Å². The van der Waals surface area contributed by atoms with Crippen LogP contribution in [0.25, 0.3) is 11.1 Å². The Morgan fingerprint density at radius 1 is 0.386 bits per heavy atom. The van der Waals surface area contributed by atoms with Crippen LogP contribution in [0.3, 0.4) is 0 Å². The predicted octanol–water partition coefficient (Wildman–Crippen LogP) is 5.54. The maximum Gasteiger partial charge on any atom is 0.237 e. The van der Waals surface area contributed by atoms with E-state index in [4.69, 9.17) is 28.4 Å². The number of carbonyl (C=O) groups excluding carboxylic acids is 4. The molecule has 0 aliphatic rings. The van der Waals surface area contributed by atoms with Gasteiger partial charge in [-0.15, -0.1) is 0 Å². The summed E-state index contributed by atoms with van der Waals surface area (Å²) in [6.45, 7) is 0. The molecule has 0 amide bonds. The Kier molecular flexibility index (Phi) is 9.64. The van der Waals surface area contributed by atoms with Crippen molar-refractivity contribution in [2.45, 2.75) is 0 Å². The van der Waals surface area contributed by atoms with Crippen LogP contribution in [0.4, 0.5) is 0 Å². The molecule has 0 bridgehead atoms. The molecule has 44 heavy (non-hydrogen) atoms. The highest BCUT2D eigenvalue weighted by Gasteiger charge is 2.26. The van der Waals surface area contributed by atoms with Gasteiger partial charge < -0.3 is 28.4 Å². The SMILES string of the molecule is COc1cc(OC)cc(C(=O)C(=O)c2ccc(-c3ccc(C(=O)C(=O)c4cc(OC)cc(OC)c4)c(OC)c3)cc2OC)c1. The van der Waals surface area contributed by atoms with Crippen LogP contribution in [0.15, 0.2) is 72.8 Å². The summed E-state index contributed by atoms with van der Waals surface area (Å²) in [5, 5.41) is 0. The van der Waals surface area contributed by atoms with E-state index in [9.17, 15) is 19.2 Å². The van der Waals surface area contributed by atoms with Gasteiger partial charge in [-0.05, 0) is 59.7 Å². The Bertz CT molecular complexity index is 1580. The number of hydrogen-bond acceptors (Lipinski definition) is 10. The minimum Gasteiger partial charge on any atom is -0.497 e. The minimum atomic E-state index is -0.782. The van der Waals surface area contributed by atoms with Crippen LogP contribution in [-0.4, -0.2) is 65.8 Å². The van der Waals surface area contributed by atoms with E-state index in [2.05, 4.69) is 0 Å². The lowest BCUT2D eigenvalue weighted by Crippen LogP contribution is -2.16. The van der Waals surface area contributed by atoms with Crippen LogP contribution in [0, 0.1) is 0 Å². The average molecular weight is 599 g/mol. The summed E-state index contributed by atoms with van der Waals surface area (Å²) in [4.78, 5) is 52.7. The predicted molar refractivity (Wildman–Crippen MR) is 161 cm³/mol. The van der Waals surface area contributed by atoms with E-state index >= 15 is 0 Å². The van der Waals surface area contributed by atoms with Crippen LogP contribution in [0.1, 0.15) is 41.4 Å². The van der Waals surface area contributed by atoms with E-state index < -0.39 is 23.1 Å². The molecule has 0 heterocycles. The number of methoxy groups -OCH3 is 6. The zero-order valence-corrected chi connectivity index (χ0v) is 25.0. The van der Waals surface area contributed by atoms with Gasteiger partial charge in [0.1, 0.15) is 34.5 Å². The fourth-order valence-corrected chi connectivity index (χ4v) is 4.50. The van der Waals surface area contributed by atoms with Crippen LogP contribution >= 0.6 is 0 Å². The molecule has 10 nitrogen and oxygen atoms in total. The highest BCUT2D eigenvalue weighted by Crippen LogP contribution is 2.33. The van der Waals surface area contributed by atoms with Gasteiger partial charge in [0.2, 0.25) is 23.1 Å². The van der Waals surface area contributed by atoms with Gasteiger partial charge in [-0.3, -0.25) is 19.2 Å². The van der Waals surface area contributed by atoms with E-state index in [1.807, 2.05) is 0 Å². The largest absolute Gasteiger partial charge is 0.497 e. The molecule has 0 saturated heterocycles. The third-order valence-electron chi connectivity index (χ3n) is 6.87. The van der Waals surface area contributed by atoms with E-state index in [0.29, 0.717) is 34.1 Å². The highest BCUT2D eigenvalue weighted by molar-refractivity contribution is 6.50. The molecular weight excluding hydrogens is 568 g/mol. The Hall–Kier alpha value is -5.64. The molecular formula is C34H30O10. The van der Waals surface area contributed by atoms with Crippen molar-refractivity contribution in [2.75, 3.05) is 42.7 Å². The first-order valence-corrected chi connectivity index (χ1v) is 13.2. The van der Waals surface area contributed by atoms with Crippen molar-refractivity contribution in [1.82, 2.24) is 0 Å². The first kappa shape index (κ1) is 31.3. The van der Waals surface area contributed by atoms with Gasteiger partial charge in [-0.2, -0.15) is 0 Å². The van der Waals surface area contributed by atoms with Crippen LogP contribution < -0.4 is 28.4 Å². The minimum absolute atomic E-state index is 0.0566. The molecule has 0 unspecified atom stereocenters. The summed E-state index contributed by atoms with van der Waals surface area (Å²) >= 11 is 0. The normalized spacial score (nSPS) is 10.4. The lowest BCUT2D eigenvalue weighted by Gasteiger charge is -2.13. The molecule has 10 heteroatoms. The molecule has 0 N–H and O–H groups in total. The number of hydrogen-bond donors (Lipinski definition) is 0. The molecule has 226 valence electrons. The van der Waals surface area contributed by atoms with Crippen molar-refractivity contribution in [2.24, 2.45) is 0 Å². The van der Waals surface area contributed by atoms with Gasteiger partial charge in [0.15, 0.2) is 0 Å². The summed E-state index contributed by atoms with van der Waals surface area (Å²) in [7, 11) is 8.55. The zero-order valence-electron chi connectivity index (χ0n) is 25.0. The van der Waals surface area contributed by atoms with Crippen molar-refractivity contribution in [3.05, 3.63) is 95.1 Å². The topological polar surface area (TPSA) is 124 Å². The van der Waals surface area contributed by atoms with E-state index in [1.165, 1.54) is 79.1 Å². The summed E-state index contributed by atoms with van der Waals surface area (Å²) in [5.74, 6) is -1.31. The lowest BCUT2D eigenvalue weighted by atomic mass is 9.95. The first-order valence-electron chi connectivity index (χ1n) is 13.2. The molecule has 4 aromatic rings. The fourth-order valence-electron chi connectivity index (χ4n) is 4.50. The van der Waals surface area contributed by atoms with Crippen molar-refractivity contribution >= 4 is 23.1 Å². The third kappa shape index (κ3) is 6.39. The first-order chi connectivity index (χ1) is 21.2. The lowest BCUT2D eigenvalue weighted by molar-refractivity contribution is 0.0814. The monoisotopic (exact) mass is 598 g/mol. The third-order valence-corrected chi connectivity index (χ3v) is 6.87. The second-order valence-electron chi connectivity index (χ2n) is 9.35. The molecule has 0 radical (unpaired) electrons. The Balaban J connectivity index is 1.64. The highest BCUT2D eigenvalue weighted by atomic mass is 16.5. The molecule has 0 aromatic heterocycles. The second-order valence-corrected chi connectivity index (χ2v) is 9.35. The fraction of sp³-hybridized carbons (Fsp3) is 0.176. The van der Waals surface area contributed by atoms with Gasteiger partial charge in [0, 0.05) is 23.3 Å². The van der Waals surface area contributed by atoms with E-state index in [1.54, 1.807) is 36.4 Å². The summed E-state index contributed by atoms with van der Waals surface area (Å²) in [6, 6.07) is 18.4. The maximum atomic E-state index is 13.2.